The van der Waals surface area contributed by atoms with Gasteiger partial charge in [0.2, 0.25) is 5.91 Å². The Kier molecular flexibility index (Phi) is 6.28. The molecule has 114 valence electrons. The van der Waals surface area contributed by atoms with Gasteiger partial charge >= 0.3 is 0 Å². The normalized spacial score (nSPS) is 14.8. The fourth-order valence-electron chi connectivity index (χ4n) is 2.81. The van der Waals surface area contributed by atoms with Crippen LogP contribution in [0, 0.1) is 17.8 Å². The van der Waals surface area contributed by atoms with Gasteiger partial charge in [0, 0.05) is 29.3 Å². The van der Waals surface area contributed by atoms with Crippen LogP contribution < -0.4 is 0 Å². The van der Waals surface area contributed by atoms with Gasteiger partial charge in [-0.1, -0.05) is 37.5 Å². The SMILES string of the molecule is CN(Cc1cc(C#CCO)cs1)C(=O)CCC1CCCC1. The van der Waals surface area contributed by atoms with Crippen LogP contribution >= 0.6 is 11.3 Å². The highest BCUT2D eigenvalue weighted by Gasteiger charge is 2.17. The summed E-state index contributed by atoms with van der Waals surface area (Å²) in [5.41, 5.74) is 0.913. The first-order chi connectivity index (χ1) is 10.2. The molecule has 0 atom stereocenters. The minimum absolute atomic E-state index is 0.120. The van der Waals surface area contributed by atoms with E-state index >= 15 is 0 Å². The van der Waals surface area contributed by atoms with Gasteiger partial charge in [0.05, 0.1) is 6.54 Å². The zero-order valence-corrected chi connectivity index (χ0v) is 13.4. The van der Waals surface area contributed by atoms with Gasteiger partial charge in [0.1, 0.15) is 6.61 Å². The highest BCUT2D eigenvalue weighted by atomic mass is 32.1. The van der Waals surface area contributed by atoms with Crippen LogP contribution in [-0.2, 0) is 11.3 Å². The van der Waals surface area contributed by atoms with Crippen molar-refractivity contribution < 1.29 is 9.90 Å². The zero-order valence-electron chi connectivity index (χ0n) is 12.6. The van der Waals surface area contributed by atoms with Crippen molar-refractivity contribution in [2.45, 2.75) is 45.1 Å². The van der Waals surface area contributed by atoms with E-state index in [0.717, 1.165) is 22.8 Å². The molecule has 0 spiro atoms. The number of rotatable bonds is 5. The van der Waals surface area contributed by atoms with E-state index in [-0.39, 0.29) is 12.5 Å². The van der Waals surface area contributed by atoms with Crippen LogP contribution in [0.4, 0.5) is 0 Å². The standard InChI is InChI=1S/C17H23NO2S/c1-18(17(20)9-8-14-5-2-3-6-14)12-16-11-15(13-21-16)7-4-10-19/h11,13-14,19H,2-3,5-6,8-10,12H2,1H3. The van der Waals surface area contributed by atoms with E-state index in [9.17, 15) is 4.79 Å². The molecule has 1 N–H and O–H groups in total. The fraction of sp³-hybridized carbons (Fsp3) is 0.588. The lowest BCUT2D eigenvalue weighted by molar-refractivity contribution is -0.130. The summed E-state index contributed by atoms with van der Waals surface area (Å²) < 4.78 is 0. The van der Waals surface area contributed by atoms with E-state index in [2.05, 4.69) is 11.8 Å². The minimum atomic E-state index is -0.120. The Morgan fingerprint density at radius 2 is 2.24 bits per heavy atom. The molecule has 1 aliphatic rings. The minimum Gasteiger partial charge on any atom is -0.384 e. The maximum absolute atomic E-state index is 12.2. The number of aliphatic hydroxyl groups is 1. The molecule has 0 saturated heterocycles. The predicted molar refractivity (Wildman–Crippen MR) is 85.9 cm³/mol. The lowest BCUT2D eigenvalue weighted by Crippen LogP contribution is -2.25. The fourth-order valence-corrected chi connectivity index (χ4v) is 3.68. The molecule has 0 bridgehead atoms. The molecular formula is C17H23NO2S. The van der Waals surface area contributed by atoms with Gasteiger partial charge in [-0.05, 0) is 18.4 Å². The summed E-state index contributed by atoms with van der Waals surface area (Å²) in [6, 6.07) is 1.99. The van der Waals surface area contributed by atoms with Crippen molar-refractivity contribution in [3.63, 3.8) is 0 Å². The molecule has 0 unspecified atom stereocenters. The Hall–Kier alpha value is -1.31. The quantitative estimate of drug-likeness (QED) is 0.850. The van der Waals surface area contributed by atoms with Gasteiger partial charge in [0.15, 0.2) is 0 Å². The molecule has 1 heterocycles. The Balaban J connectivity index is 1.78. The van der Waals surface area contributed by atoms with Crippen LogP contribution in [0.5, 0.6) is 0 Å². The molecule has 1 amide bonds. The van der Waals surface area contributed by atoms with E-state index in [0.29, 0.717) is 13.0 Å². The number of nitrogens with zero attached hydrogens (tertiary/aromatic N) is 1. The van der Waals surface area contributed by atoms with Crippen molar-refractivity contribution >= 4 is 17.2 Å². The van der Waals surface area contributed by atoms with Crippen LogP contribution in [0.3, 0.4) is 0 Å². The molecule has 0 radical (unpaired) electrons. The second kappa shape index (κ2) is 8.21. The third kappa shape index (κ3) is 5.18. The van der Waals surface area contributed by atoms with Crippen molar-refractivity contribution in [3.8, 4) is 11.8 Å². The van der Waals surface area contributed by atoms with E-state index < -0.39 is 0 Å². The van der Waals surface area contributed by atoms with Gasteiger partial charge in [-0.25, -0.2) is 0 Å². The average molecular weight is 305 g/mol. The van der Waals surface area contributed by atoms with Crippen LogP contribution in [0.2, 0.25) is 0 Å². The second-order valence-electron chi connectivity index (χ2n) is 5.70. The summed E-state index contributed by atoms with van der Waals surface area (Å²) in [5.74, 6) is 6.53. The predicted octanol–water partition coefficient (Wildman–Crippen LogP) is 3.02. The Morgan fingerprint density at radius 1 is 1.48 bits per heavy atom. The van der Waals surface area contributed by atoms with E-state index in [1.165, 1.54) is 25.7 Å². The topological polar surface area (TPSA) is 40.5 Å². The van der Waals surface area contributed by atoms with Gasteiger partial charge < -0.3 is 10.0 Å². The van der Waals surface area contributed by atoms with Gasteiger partial charge in [-0.3, -0.25) is 4.79 Å². The van der Waals surface area contributed by atoms with Crippen molar-refractivity contribution in [2.75, 3.05) is 13.7 Å². The molecule has 3 nitrogen and oxygen atoms in total. The van der Waals surface area contributed by atoms with Crippen molar-refractivity contribution in [3.05, 3.63) is 21.9 Å². The van der Waals surface area contributed by atoms with Gasteiger partial charge in [0.25, 0.3) is 0 Å². The summed E-state index contributed by atoms with van der Waals surface area (Å²) in [7, 11) is 1.87. The summed E-state index contributed by atoms with van der Waals surface area (Å²) >= 11 is 1.61. The first-order valence-electron chi connectivity index (χ1n) is 7.60. The number of carbonyl (C=O) groups excluding carboxylic acids is 1. The number of aliphatic hydroxyl groups excluding tert-OH is 1. The summed E-state index contributed by atoms with van der Waals surface area (Å²) in [4.78, 5) is 15.1. The molecule has 1 saturated carbocycles. The maximum atomic E-state index is 12.2. The smallest absolute Gasteiger partial charge is 0.222 e. The third-order valence-electron chi connectivity index (χ3n) is 4.03. The van der Waals surface area contributed by atoms with E-state index in [1.54, 1.807) is 11.3 Å². The number of amides is 1. The molecule has 1 aliphatic carbocycles. The summed E-state index contributed by atoms with van der Waals surface area (Å²) in [6.45, 7) is 0.527. The molecule has 1 fully saturated rings. The second-order valence-corrected chi connectivity index (χ2v) is 6.70. The summed E-state index contributed by atoms with van der Waals surface area (Å²) in [5, 5.41) is 10.6. The largest absolute Gasteiger partial charge is 0.384 e. The lowest BCUT2D eigenvalue weighted by atomic mass is 10.0. The molecule has 2 rings (SSSR count). The van der Waals surface area contributed by atoms with Crippen LogP contribution in [0.15, 0.2) is 11.4 Å². The van der Waals surface area contributed by atoms with Crippen LogP contribution in [0.25, 0.3) is 0 Å². The molecular weight excluding hydrogens is 282 g/mol. The lowest BCUT2D eigenvalue weighted by Gasteiger charge is -2.17. The monoisotopic (exact) mass is 305 g/mol. The average Bonchev–Trinajstić information content (AvgIpc) is 3.14. The molecule has 4 heteroatoms. The Bertz CT molecular complexity index is 520. The highest BCUT2D eigenvalue weighted by Crippen LogP contribution is 2.28. The van der Waals surface area contributed by atoms with Crippen molar-refractivity contribution in [1.29, 1.82) is 0 Å². The molecule has 0 aliphatic heterocycles. The molecule has 21 heavy (non-hydrogen) atoms. The number of hydrogen-bond donors (Lipinski definition) is 1. The van der Waals surface area contributed by atoms with Crippen LogP contribution in [-0.4, -0.2) is 29.6 Å². The van der Waals surface area contributed by atoms with E-state index in [4.69, 9.17) is 5.11 Å². The van der Waals surface area contributed by atoms with Crippen molar-refractivity contribution in [1.82, 2.24) is 4.90 Å². The first kappa shape index (κ1) is 16.1. The number of carbonyl (C=O) groups is 1. The first-order valence-corrected chi connectivity index (χ1v) is 8.48. The maximum Gasteiger partial charge on any atom is 0.222 e. The Labute approximate surface area is 131 Å². The Morgan fingerprint density at radius 3 is 2.95 bits per heavy atom. The third-order valence-corrected chi connectivity index (χ3v) is 4.95. The van der Waals surface area contributed by atoms with Gasteiger partial charge in [-0.15, -0.1) is 11.3 Å². The molecule has 1 aromatic rings. The van der Waals surface area contributed by atoms with Crippen LogP contribution in [0.1, 0.15) is 49.0 Å². The summed E-state index contributed by atoms with van der Waals surface area (Å²) in [6.07, 6.45) is 6.98. The van der Waals surface area contributed by atoms with Gasteiger partial charge in [-0.2, -0.15) is 0 Å². The zero-order chi connectivity index (χ0) is 15.1. The highest BCUT2D eigenvalue weighted by molar-refractivity contribution is 7.10. The van der Waals surface area contributed by atoms with E-state index in [1.807, 2.05) is 23.4 Å². The number of thiophene rings is 1. The van der Waals surface area contributed by atoms with Crippen molar-refractivity contribution in [2.24, 2.45) is 5.92 Å². The number of hydrogen-bond acceptors (Lipinski definition) is 3. The molecule has 1 aromatic heterocycles. The molecule has 0 aromatic carbocycles.